The fourth-order valence-corrected chi connectivity index (χ4v) is 4.24. The fraction of sp³-hybridized carbons (Fsp3) is 0.435. The van der Waals surface area contributed by atoms with E-state index in [1.807, 2.05) is 44.0 Å². The van der Waals surface area contributed by atoms with Gasteiger partial charge in [0, 0.05) is 42.7 Å². The number of amides is 1. The third kappa shape index (κ3) is 4.10. The van der Waals surface area contributed by atoms with E-state index in [9.17, 15) is 4.79 Å². The van der Waals surface area contributed by atoms with Crippen LogP contribution in [0.3, 0.4) is 0 Å². The van der Waals surface area contributed by atoms with Crippen molar-refractivity contribution in [3.63, 3.8) is 0 Å². The number of piperidine rings is 1. The molecule has 7 nitrogen and oxygen atoms in total. The predicted octanol–water partition coefficient (Wildman–Crippen LogP) is 4.14. The van der Waals surface area contributed by atoms with Crippen LogP contribution in [0.4, 0.5) is 0 Å². The van der Waals surface area contributed by atoms with Gasteiger partial charge in [0.05, 0.1) is 17.4 Å². The van der Waals surface area contributed by atoms with Crippen LogP contribution < -0.4 is 0 Å². The van der Waals surface area contributed by atoms with Gasteiger partial charge in [0.25, 0.3) is 0 Å². The molecule has 0 spiro atoms. The van der Waals surface area contributed by atoms with Crippen LogP contribution in [0, 0.1) is 20.8 Å². The zero-order valence-corrected chi connectivity index (χ0v) is 17.8. The lowest BCUT2D eigenvalue weighted by molar-refractivity contribution is -0.135. The average Bonchev–Trinajstić information content (AvgIpc) is 3.10. The van der Waals surface area contributed by atoms with Gasteiger partial charge in [-0.15, -0.1) is 0 Å². The van der Waals surface area contributed by atoms with Crippen molar-refractivity contribution in [2.24, 2.45) is 0 Å². The van der Waals surface area contributed by atoms with Crippen LogP contribution in [0.15, 0.2) is 35.2 Å². The number of pyridine rings is 1. The summed E-state index contributed by atoms with van der Waals surface area (Å²) < 4.78 is 5.24. The minimum Gasteiger partial charge on any atom is -0.361 e. The maximum atomic E-state index is 13.3. The zero-order valence-electron chi connectivity index (χ0n) is 17.8. The second kappa shape index (κ2) is 8.73. The summed E-state index contributed by atoms with van der Waals surface area (Å²) >= 11 is 0. The molecule has 1 atom stereocenters. The molecule has 3 aromatic heterocycles. The third-order valence-corrected chi connectivity index (χ3v) is 5.84. The van der Waals surface area contributed by atoms with Crippen molar-refractivity contribution in [3.05, 3.63) is 59.3 Å². The highest BCUT2D eigenvalue weighted by atomic mass is 16.5. The summed E-state index contributed by atoms with van der Waals surface area (Å²) in [6.07, 6.45) is 9.50. The van der Waals surface area contributed by atoms with Crippen LogP contribution in [-0.4, -0.2) is 37.5 Å². The summed E-state index contributed by atoms with van der Waals surface area (Å²) in [7, 11) is 0. The minimum absolute atomic E-state index is 0.0409. The predicted molar refractivity (Wildman–Crippen MR) is 113 cm³/mol. The number of aryl methyl sites for hydroxylation is 3. The Balaban J connectivity index is 1.61. The SMILES string of the molecule is Cc1ncc(-c2ccncc2)c(C2CCCCN2C(=O)CCc2c(C)noc2C)n1. The molecule has 30 heavy (non-hydrogen) atoms. The molecular weight excluding hydrogens is 378 g/mol. The molecule has 4 rings (SSSR count). The Morgan fingerprint density at radius 2 is 2.00 bits per heavy atom. The van der Waals surface area contributed by atoms with E-state index >= 15 is 0 Å². The third-order valence-electron chi connectivity index (χ3n) is 5.84. The first-order valence-corrected chi connectivity index (χ1v) is 10.5. The highest BCUT2D eigenvalue weighted by molar-refractivity contribution is 5.78. The maximum Gasteiger partial charge on any atom is 0.223 e. The smallest absolute Gasteiger partial charge is 0.223 e. The number of hydrogen-bond donors (Lipinski definition) is 0. The number of carbonyl (C=O) groups is 1. The van der Waals surface area contributed by atoms with E-state index in [-0.39, 0.29) is 11.9 Å². The molecule has 0 saturated carbocycles. The second-order valence-electron chi connectivity index (χ2n) is 7.85. The number of aromatic nitrogens is 4. The lowest BCUT2D eigenvalue weighted by atomic mass is 9.93. The summed E-state index contributed by atoms with van der Waals surface area (Å²) in [5.74, 6) is 1.66. The van der Waals surface area contributed by atoms with E-state index in [0.29, 0.717) is 12.8 Å². The molecule has 156 valence electrons. The normalized spacial score (nSPS) is 16.6. The van der Waals surface area contributed by atoms with Crippen molar-refractivity contribution in [1.82, 2.24) is 25.0 Å². The minimum atomic E-state index is -0.0409. The number of rotatable bonds is 5. The Labute approximate surface area is 176 Å². The Morgan fingerprint density at radius 3 is 2.73 bits per heavy atom. The summed E-state index contributed by atoms with van der Waals surface area (Å²) in [6.45, 7) is 6.47. The first-order valence-electron chi connectivity index (χ1n) is 10.5. The highest BCUT2D eigenvalue weighted by Crippen LogP contribution is 2.36. The van der Waals surface area contributed by atoms with E-state index in [4.69, 9.17) is 9.51 Å². The maximum absolute atomic E-state index is 13.3. The van der Waals surface area contributed by atoms with Crippen LogP contribution >= 0.6 is 0 Å². The van der Waals surface area contributed by atoms with Gasteiger partial charge in [-0.2, -0.15) is 0 Å². The molecular formula is C23H27N5O2. The Hall–Kier alpha value is -3.09. The van der Waals surface area contributed by atoms with Gasteiger partial charge in [-0.25, -0.2) is 9.97 Å². The molecule has 3 aromatic rings. The van der Waals surface area contributed by atoms with E-state index in [1.54, 1.807) is 12.4 Å². The van der Waals surface area contributed by atoms with E-state index in [0.717, 1.165) is 65.5 Å². The Kier molecular flexibility index (Phi) is 5.88. The van der Waals surface area contributed by atoms with Gasteiger partial charge in [0.1, 0.15) is 11.6 Å². The molecule has 0 aromatic carbocycles. The molecule has 1 unspecified atom stereocenters. The van der Waals surface area contributed by atoms with Crippen LogP contribution in [0.2, 0.25) is 0 Å². The molecule has 1 fully saturated rings. The van der Waals surface area contributed by atoms with Gasteiger partial charge < -0.3 is 9.42 Å². The largest absolute Gasteiger partial charge is 0.361 e. The van der Waals surface area contributed by atoms with Crippen molar-refractivity contribution >= 4 is 5.91 Å². The summed E-state index contributed by atoms with van der Waals surface area (Å²) in [5.41, 5.74) is 4.82. The quantitative estimate of drug-likeness (QED) is 0.634. The molecule has 1 aliphatic rings. The van der Waals surface area contributed by atoms with Gasteiger partial charge in [-0.3, -0.25) is 9.78 Å². The number of nitrogens with zero attached hydrogens (tertiary/aromatic N) is 5. The molecule has 1 amide bonds. The number of hydrogen-bond acceptors (Lipinski definition) is 6. The molecule has 0 N–H and O–H groups in total. The first-order chi connectivity index (χ1) is 14.5. The topological polar surface area (TPSA) is 85.0 Å². The lowest BCUT2D eigenvalue weighted by Gasteiger charge is -2.36. The standard InChI is InChI=1S/C23H27N5O2/c1-15-19(16(2)30-27-15)7-8-22(29)28-13-5-4-6-21(28)23-20(14-25-17(3)26-23)18-9-11-24-12-10-18/h9-12,14,21H,4-8,13H2,1-3H3. The van der Waals surface area contributed by atoms with Crippen molar-refractivity contribution in [1.29, 1.82) is 0 Å². The van der Waals surface area contributed by atoms with Gasteiger partial charge in [0.2, 0.25) is 5.91 Å². The Morgan fingerprint density at radius 1 is 1.20 bits per heavy atom. The van der Waals surface area contributed by atoms with Crippen LogP contribution in [0.1, 0.15) is 60.3 Å². The van der Waals surface area contributed by atoms with Crippen molar-refractivity contribution in [2.45, 2.75) is 58.9 Å². The van der Waals surface area contributed by atoms with Crippen molar-refractivity contribution < 1.29 is 9.32 Å². The van der Waals surface area contributed by atoms with Crippen molar-refractivity contribution in [3.8, 4) is 11.1 Å². The monoisotopic (exact) mass is 405 g/mol. The first kappa shape index (κ1) is 20.2. The van der Waals surface area contributed by atoms with Gasteiger partial charge >= 0.3 is 0 Å². The molecule has 0 radical (unpaired) electrons. The molecule has 1 saturated heterocycles. The van der Waals surface area contributed by atoms with Gasteiger partial charge in [-0.05, 0) is 64.2 Å². The van der Waals surface area contributed by atoms with Crippen LogP contribution in [-0.2, 0) is 11.2 Å². The van der Waals surface area contributed by atoms with Crippen LogP contribution in [0.5, 0.6) is 0 Å². The Bertz CT molecular complexity index is 1010. The average molecular weight is 406 g/mol. The van der Waals surface area contributed by atoms with Crippen LogP contribution in [0.25, 0.3) is 11.1 Å². The molecule has 0 aliphatic carbocycles. The van der Waals surface area contributed by atoms with Crippen molar-refractivity contribution in [2.75, 3.05) is 6.54 Å². The zero-order chi connectivity index (χ0) is 21.1. The fourth-order valence-electron chi connectivity index (χ4n) is 4.24. The van der Waals surface area contributed by atoms with E-state index in [1.165, 1.54) is 0 Å². The van der Waals surface area contributed by atoms with E-state index in [2.05, 4.69) is 15.1 Å². The van der Waals surface area contributed by atoms with Gasteiger partial charge in [-0.1, -0.05) is 5.16 Å². The summed E-state index contributed by atoms with van der Waals surface area (Å²) in [4.78, 5) is 28.6. The number of likely N-dealkylation sites (tertiary alicyclic amines) is 1. The van der Waals surface area contributed by atoms with E-state index < -0.39 is 0 Å². The summed E-state index contributed by atoms with van der Waals surface area (Å²) in [5, 5.41) is 4.00. The summed E-state index contributed by atoms with van der Waals surface area (Å²) in [6, 6.07) is 3.88. The highest BCUT2D eigenvalue weighted by Gasteiger charge is 2.31. The molecule has 1 aliphatic heterocycles. The molecule has 4 heterocycles. The number of carbonyl (C=O) groups excluding carboxylic acids is 1. The second-order valence-corrected chi connectivity index (χ2v) is 7.85. The lowest BCUT2D eigenvalue weighted by Crippen LogP contribution is -2.39. The van der Waals surface area contributed by atoms with Gasteiger partial charge in [0.15, 0.2) is 0 Å². The molecule has 0 bridgehead atoms. The molecule has 7 heteroatoms.